The van der Waals surface area contributed by atoms with Crippen molar-refractivity contribution in [3.63, 3.8) is 0 Å². The van der Waals surface area contributed by atoms with Crippen LogP contribution in [0.5, 0.6) is 0 Å². The molecular weight excluding hydrogens is 363 g/mol. The predicted octanol–water partition coefficient (Wildman–Crippen LogP) is 4.47. The number of nitriles is 1. The molecule has 138 valence electrons. The van der Waals surface area contributed by atoms with Crippen molar-refractivity contribution in [1.82, 2.24) is 0 Å². The number of alkyl halides is 3. The number of aryl methyl sites for hydroxylation is 1. The molecule has 0 spiro atoms. The number of hydrogen-bond acceptors (Lipinski definition) is 4. The van der Waals surface area contributed by atoms with Crippen LogP contribution in [0, 0.1) is 28.4 Å². The second kappa shape index (κ2) is 7.70. The molecule has 6 nitrogen and oxygen atoms in total. The standard InChI is InChI=1S/C18H12F3N3O3/c1-11-5-6-15(24(26)27)9-16(11)23-17(25)13(10-22)7-12-3-2-4-14(8-12)18(19,20)21/h2-9H,1H3,(H,23,25). The molecule has 1 N–H and O–H groups in total. The fourth-order valence-electron chi connectivity index (χ4n) is 2.17. The predicted molar refractivity (Wildman–Crippen MR) is 91.5 cm³/mol. The highest BCUT2D eigenvalue weighted by atomic mass is 19.4. The lowest BCUT2D eigenvalue weighted by molar-refractivity contribution is -0.384. The number of nitro benzene ring substituents is 1. The van der Waals surface area contributed by atoms with Gasteiger partial charge >= 0.3 is 6.18 Å². The molecule has 0 aliphatic heterocycles. The van der Waals surface area contributed by atoms with Gasteiger partial charge in [-0.15, -0.1) is 0 Å². The average molecular weight is 375 g/mol. The minimum atomic E-state index is -4.56. The molecule has 0 saturated heterocycles. The van der Waals surface area contributed by atoms with Crippen LogP contribution in [0.3, 0.4) is 0 Å². The molecule has 0 aliphatic rings. The fourth-order valence-corrected chi connectivity index (χ4v) is 2.17. The maximum absolute atomic E-state index is 12.8. The Balaban J connectivity index is 2.32. The Morgan fingerprint density at radius 1 is 1.26 bits per heavy atom. The van der Waals surface area contributed by atoms with Gasteiger partial charge in [0.25, 0.3) is 11.6 Å². The Kier molecular flexibility index (Phi) is 5.60. The summed E-state index contributed by atoms with van der Waals surface area (Å²) in [6.07, 6.45) is -3.55. The topological polar surface area (TPSA) is 96.0 Å². The van der Waals surface area contributed by atoms with Crippen molar-refractivity contribution in [3.05, 3.63) is 74.8 Å². The SMILES string of the molecule is Cc1ccc([N+](=O)[O-])cc1NC(=O)C(C#N)=Cc1cccc(C(F)(F)F)c1. The van der Waals surface area contributed by atoms with Gasteiger partial charge in [-0.05, 0) is 36.3 Å². The number of nitro groups is 1. The van der Waals surface area contributed by atoms with Crippen LogP contribution in [-0.4, -0.2) is 10.8 Å². The number of halogens is 3. The van der Waals surface area contributed by atoms with Gasteiger partial charge in [-0.2, -0.15) is 18.4 Å². The van der Waals surface area contributed by atoms with E-state index in [1.807, 2.05) is 0 Å². The van der Waals surface area contributed by atoms with Gasteiger partial charge in [0.05, 0.1) is 16.2 Å². The summed E-state index contributed by atoms with van der Waals surface area (Å²) >= 11 is 0. The van der Waals surface area contributed by atoms with Crippen LogP contribution in [0.15, 0.2) is 48.0 Å². The van der Waals surface area contributed by atoms with E-state index in [0.717, 1.165) is 30.3 Å². The lowest BCUT2D eigenvalue weighted by Gasteiger charge is -2.09. The summed E-state index contributed by atoms with van der Waals surface area (Å²) in [6.45, 7) is 1.60. The first-order valence-electron chi connectivity index (χ1n) is 7.47. The quantitative estimate of drug-likeness (QED) is 0.369. The van der Waals surface area contributed by atoms with Crippen molar-refractivity contribution in [3.8, 4) is 6.07 Å². The number of rotatable bonds is 4. The van der Waals surface area contributed by atoms with Gasteiger partial charge < -0.3 is 5.32 Å². The molecule has 1 amide bonds. The molecular formula is C18H12F3N3O3. The minimum absolute atomic E-state index is 0.0206. The Bertz CT molecular complexity index is 976. The third-order valence-electron chi connectivity index (χ3n) is 3.57. The number of hydrogen-bond donors (Lipinski definition) is 1. The highest BCUT2D eigenvalue weighted by molar-refractivity contribution is 6.10. The maximum Gasteiger partial charge on any atom is 0.416 e. The molecule has 9 heteroatoms. The van der Waals surface area contributed by atoms with Crippen LogP contribution in [0.1, 0.15) is 16.7 Å². The summed E-state index contributed by atoms with van der Waals surface area (Å²) in [5, 5.41) is 22.4. The van der Waals surface area contributed by atoms with Crippen LogP contribution >= 0.6 is 0 Å². The van der Waals surface area contributed by atoms with E-state index < -0.39 is 28.1 Å². The number of non-ortho nitro benzene ring substituents is 1. The molecule has 0 fully saturated rings. The molecule has 27 heavy (non-hydrogen) atoms. The number of carbonyl (C=O) groups is 1. The molecule has 0 aromatic heterocycles. The first-order valence-corrected chi connectivity index (χ1v) is 7.47. The summed E-state index contributed by atoms with van der Waals surface area (Å²) in [6, 6.07) is 9.59. The lowest BCUT2D eigenvalue weighted by atomic mass is 10.1. The summed E-state index contributed by atoms with van der Waals surface area (Å²) in [5.74, 6) is -0.890. The van der Waals surface area contributed by atoms with Crippen molar-refractivity contribution in [2.45, 2.75) is 13.1 Å². The molecule has 2 rings (SSSR count). The number of anilines is 1. The van der Waals surface area contributed by atoms with Crippen LogP contribution in [0.2, 0.25) is 0 Å². The average Bonchev–Trinajstić information content (AvgIpc) is 2.60. The van der Waals surface area contributed by atoms with Crippen LogP contribution < -0.4 is 5.32 Å². The monoisotopic (exact) mass is 375 g/mol. The Morgan fingerprint density at radius 3 is 2.56 bits per heavy atom. The number of carbonyl (C=O) groups excluding carboxylic acids is 1. The molecule has 0 saturated carbocycles. The molecule has 0 radical (unpaired) electrons. The van der Waals surface area contributed by atoms with Crippen LogP contribution in [0.25, 0.3) is 6.08 Å². The van der Waals surface area contributed by atoms with Gasteiger partial charge in [-0.25, -0.2) is 0 Å². The molecule has 0 aliphatic carbocycles. The van der Waals surface area contributed by atoms with Crippen molar-refractivity contribution in [2.75, 3.05) is 5.32 Å². The van der Waals surface area contributed by atoms with Crippen molar-refractivity contribution in [2.24, 2.45) is 0 Å². The summed E-state index contributed by atoms with van der Waals surface area (Å²) in [5.41, 5.74) is -0.947. The van der Waals surface area contributed by atoms with Gasteiger partial charge in [0.15, 0.2) is 0 Å². The lowest BCUT2D eigenvalue weighted by Crippen LogP contribution is -2.14. The highest BCUT2D eigenvalue weighted by Crippen LogP contribution is 2.30. The normalized spacial score (nSPS) is 11.6. The van der Waals surface area contributed by atoms with E-state index in [1.54, 1.807) is 13.0 Å². The van der Waals surface area contributed by atoms with Crippen molar-refractivity contribution in [1.29, 1.82) is 5.26 Å². The van der Waals surface area contributed by atoms with E-state index in [1.165, 1.54) is 18.2 Å². The van der Waals surface area contributed by atoms with Crippen molar-refractivity contribution < 1.29 is 22.9 Å². The van der Waals surface area contributed by atoms with Gasteiger partial charge in [-0.1, -0.05) is 18.2 Å². The van der Waals surface area contributed by atoms with E-state index in [9.17, 15) is 28.1 Å². The molecule has 0 heterocycles. The fraction of sp³-hybridized carbons (Fsp3) is 0.111. The number of nitrogens with zero attached hydrogens (tertiary/aromatic N) is 2. The Hall–Kier alpha value is -3.67. The van der Waals surface area contributed by atoms with Crippen LogP contribution in [-0.2, 0) is 11.0 Å². The number of nitrogens with one attached hydrogen (secondary N) is 1. The highest BCUT2D eigenvalue weighted by Gasteiger charge is 2.30. The second-order valence-electron chi connectivity index (χ2n) is 5.50. The summed E-state index contributed by atoms with van der Waals surface area (Å²) < 4.78 is 38.3. The zero-order chi connectivity index (χ0) is 20.2. The largest absolute Gasteiger partial charge is 0.416 e. The molecule has 0 unspecified atom stereocenters. The first-order chi connectivity index (χ1) is 12.6. The molecule has 0 atom stereocenters. The van der Waals surface area contributed by atoms with Gasteiger partial charge in [0, 0.05) is 12.1 Å². The number of amides is 1. The van der Waals surface area contributed by atoms with Gasteiger partial charge in [0.1, 0.15) is 11.6 Å². The van der Waals surface area contributed by atoms with E-state index >= 15 is 0 Å². The third kappa shape index (κ3) is 4.92. The van der Waals surface area contributed by atoms with E-state index in [2.05, 4.69) is 5.32 Å². The Labute approximate surface area is 151 Å². The number of benzene rings is 2. The van der Waals surface area contributed by atoms with E-state index in [4.69, 9.17) is 5.26 Å². The smallest absolute Gasteiger partial charge is 0.321 e. The van der Waals surface area contributed by atoms with E-state index in [0.29, 0.717) is 5.56 Å². The first kappa shape index (κ1) is 19.7. The minimum Gasteiger partial charge on any atom is -0.321 e. The second-order valence-corrected chi connectivity index (χ2v) is 5.50. The molecule has 2 aromatic rings. The molecule has 2 aromatic carbocycles. The maximum atomic E-state index is 12.8. The van der Waals surface area contributed by atoms with Crippen LogP contribution in [0.4, 0.5) is 24.5 Å². The molecule has 0 bridgehead atoms. The summed E-state index contributed by atoms with van der Waals surface area (Å²) in [4.78, 5) is 22.5. The van der Waals surface area contributed by atoms with Crippen molar-refractivity contribution >= 4 is 23.4 Å². The Morgan fingerprint density at radius 2 is 1.96 bits per heavy atom. The van der Waals surface area contributed by atoms with E-state index in [-0.39, 0.29) is 16.9 Å². The zero-order valence-corrected chi connectivity index (χ0v) is 13.9. The van der Waals surface area contributed by atoms with Gasteiger partial charge in [0.2, 0.25) is 0 Å². The van der Waals surface area contributed by atoms with Gasteiger partial charge in [-0.3, -0.25) is 14.9 Å². The summed E-state index contributed by atoms with van der Waals surface area (Å²) in [7, 11) is 0. The third-order valence-corrected chi connectivity index (χ3v) is 3.57. The zero-order valence-electron chi connectivity index (χ0n) is 13.9.